The van der Waals surface area contributed by atoms with Crippen molar-refractivity contribution in [3.8, 4) is 0 Å². The number of benzene rings is 2. The van der Waals surface area contributed by atoms with Crippen molar-refractivity contribution >= 4 is 33.4 Å². The van der Waals surface area contributed by atoms with Gasteiger partial charge in [0.05, 0.1) is 4.90 Å². The Morgan fingerprint density at radius 2 is 1.69 bits per heavy atom. The van der Waals surface area contributed by atoms with E-state index in [4.69, 9.17) is 0 Å². The number of nitrogens with one attached hydrogen (secondary N) is 3. The van der Waals surface area contributed by atoms with Crippen LogP contribution >= 0.6 is 0 Å². The van der Waals surface area contributed by atoms with E-state index in [9.17, 15) is 27.2 Å². The number of nitrogens with zero attached hydrogens (tertiary/aromatic N) is 1. The van der Waals surface area contributed by atoms with Crippen molar-refractivity contribution in [3.63, 3.8) is 0 Å². The van der Waals surface area contributed by atoms with E-state index >= 15 is 0 Å². The summed E-state index contributed by atoms with van der Waals surface area (Å²) in [5.74, 6) is -1.46. The van der Waals surface area contributed by atoms with Crippen LogP contribution in [0.15, 0.2) is 53.4 Å². The van der Waals surface area contributed by atoms with E-state index in [0.717, 1.165) is 0 Å². The number of piperidine rings is 1. The van der Waals surface area contributed by atoms with Gasteiger partial charge in [0, 0.05) is 45.1 Å². The Morgan fingerprint density at radius 1 is 1.03 bits per heavy atom. The summed E-state index contributed by atoms with van der Waals surface area (Å²) in [7, 11) is -3.72. The number of carbonyl (C=O) groups excluding carboxylic acids is 3. The maximum absolute atomic E-state index is 13.5. The molecule has 3 rings (SSSR count). The first-order chi connectivity index (χ1) is 16.5. The summed E-state index contributed by atoms with van der Waals surface area (Å²) in [6, 6.07) is 10.6. The number of rotatable bonds is 8. The first-order valence-electron chi connectivity index (χ1n) is 11.2. The lowest BCUT2D eigenvalue weighted by Gasteiger charge is -2.32. The minimum atomic E-state index is -3.72. The lowest BCUT2D eigenvalue weighted by atomic mass is 10.0. The van der Waals surface area contributed by atoms with Crippen LogP contribution in [0.5, 0.6) is 0 Å². The number of halogens is 1. The molecule has 0 aromatic heterocycles. The van der Waals surface area contributed by atoms with Gasteiger partial charge in [-0.3, -0.25) is 14.4 Å². The molecule has 0 saturated carbocycles. The van der Waals surface area contributed by atoms with Crippen LogP contribution in [-0.4, -0.2) is 55.6 Å². The second-order valence-electron chi connectivity index (χ2n) is 8.48. The van der Waals surface area contributed by atoms with Crippen molar-refractivity contribution in [2.24, 2.45) is 0 Å². The van der Waals surface area contributed by atoms with Crippen LogP contribution < -0.4 is 16.0 Å². The molecule has 3 amide bonds. The second kappa shape index (κ2) is 11.4. The van der Waals surface area contributed by atoms with Crippen LogP contribution in [-0.2, 0) is 30.8 Å². The van der Waals surface area contributed by atoms with E-state index in [2.05, 4.69) is 16.0 Å². The topological polar surface area (TPSA) is 125 Å². The van der Waals surface area contributed by atoms with Crippen LogP contribution in [0.3, 0.4) is 0 Å². The molecule has 1 saturated heterocycles. The lowest BCUT2D eigenvalue weighted by Crippen LogP contribution is -2.53. The molecule has 188 valence electrons. The summed E-state index contributed by atoms with van der Waals surface area (Å²) < 4.78 is 40.8. The normalized spacial score (nSPS) is 15.7. The van der Waals surface area contributed by atoms with Crippen LogP contribution in [0.1, 0.15) is 32.3 Å². The molecule has 1 aliphatic rings. The fraction of sp³-hybridized carbons (Fsp3) is 0.375. The molecule has 0 unspecified atom stereocenters. The van der Waals surface area contributed by atoms with Gasteiger partial charge in [0.25, 0.3) is 0 Å². The molecule has 0 bridgehead atoms. The monoisotopic (exact) mass is 504 g/mol. The van der Waals surface area contributed by atoms with Gasteiger partial charge in [0.2, 0.25) is 27.7 Å². The van der Waals surface area contributed by atoms with Crippen molar-refractivity contribution < 1.29 is 27.2 Å². The molecule has 35 heavy (non-hydrogen) atoms. The molecule has 9 nitrogen and oxygen atoms in total. The van der Waals surface area contributed by atoms with Gasteiger partial charge < -0.3 is 16.0 Å². The first kappa shape index (κ1) is 26.3. The minimum Gasteiger partial charge on any atom is -0.351 e. The Labute approximate surface area is 204 Å². The van der Waals surface area contributed by atoms with Crippen LogP contribution in [0.4, 0.5) is 10.1 Å². The van der Waals surface area contributed by atoms with Gasteiger partial charge in [-0.05, 0) is 54.8 Å². The number of sulfonamides is 1. The zero-order chi connectivity index (χ0) is 25.6. The van der Waals surface area contributed by atoms with Gasteiger partial charge >= 0.3 is 0 Å². The smallest absolute Gasteiger partial charge is 0.243 e. The molecule has 0 spiro atoms. The summed E-state index contributed by atoms with van der Waals surface area (Å²) in [6.07, 6.45) is 0.939. The van der Waals surface area contributed by atoms with Crippen LogP contribution in [0, 0.1) is 5.82 Å². The van der Waals surface area contributed by atoms with E-state index in [-0.39, 0.29) is 42.3 Å². The molecule has 1 atom stereocenters. The van der Waals surface area contributed by atoms with Gasteiger partial charge in [0.1, 0.15) is 11.9 Å². The third-order valence-electron chi connectivity index (χ3n) is 5.64. The van der Waals surface area contributed by atoms with Crippen molar-refractivity contribution in [1.82, 2.24) is 14.9 Å². The van der Waals surface area contributed by atoms with E-state index < -0.39 is 27.8 Å². The first-order valence-corrected chi connectivity index (χ1v) is 12.7. The van der Waals surface area contributed by atoms with Gasteiger partial charge in [-0.2, -0.15) is 4.31 Å². The van der Waals surface area contributed by atoms with Gasteiger partial charge in [-0.15, -0.1) is 0 Å². The van der Waals surface area contributed by atoms with Gasteiger partial charge in [0.15, 0.2) is 0 Å². The molecular formula is C24H29FN4O5S. The number of hydrogen-bond acceptors (Lipinski definition) is 5. The molecule has 0 radical (unpaired) electrons. The highest BCUT2D eigenvalue weighted by atomic mass is 32.2. The van der Waals surface area contributed by atoms with Crippen LogP contribution in [0.25, 0.3) is 0 Å². The third kappa shape index (κ3) is 7.33. The lowest BCUT2D eigenvalue weighted by molar-refractivity contribution is -0.128. The molecule has 1 fully saturated rings. The molecule has 3 N–H and O–H groups in total. The number of carbonyl (C=O) groups is 3. The average molecular weight is 505 g/mol. The van der Waals surface area contributed by atoms with Crippen molar-refractivity contribution in [2.45, 2.75) is 50.1 Å². The van der Waals surface area contributed by atoms with Crippen LogP contribution in [0.2, 0.25) is 0 Å². The van der Waals surface area contributed by atoms with Crippen molar-refractivity contribution in [1.29, 1.82) is 0 Å². The minimum absolute atomic E-state index is 0.120. The Balaban J connectivity index is 1.59. The summed E-state index contributed by atoms with van der Waals surface area (Å²) >= 11 is 0. The Kier molecular flexibility index (Phi) is 8.57. The van der Waals surface area contributed by atoms with E-state index in [0.29, 0.717) is 24.1 Å². The van der Waals surface area contributed by atoms with Gasteiger partial charge in [-0.25, -0.2) is 12.8 Å². The summed E-state index contributed by atoms with van der Waals surface area (Å²) in [4.78, 5) is 35.7. The highest BCUT2D eigenvalue weighted by Gasteiger charge is 2.31. The second-order valence-corrected chi connectivity index (χ2v) is 10.4. The highest BCUT2D eigenvalue weighted by molar-refractivity contribution is 7.89. The fourth-order valence-corrected chi connectivity index (χ4v) is 5.43. The maximum Gasteiger partial charge on any atom is 0.243 e. The Bertz CT molecular complexity index is 1180. The van der Waals surface area contributed by atoms with E-state index in [1.807, 2.05) is 0 Å². The molecule has 0 aliphatic carbocycles. The molecular weight excluding hydrogens is 475 g/mol. The van der Waals surface area contributed by atoms with Gasteiger partial charge in [-0.1, -0.05) is 12.1 Å². The molecule has 1 heterocycles. The number of hydrogen-bond donors (Lipinski definition) is 3. The summed E-state index contributed by atoms with van der Waals surface area (Å²) in [6.45, 7) is 3.11. The maximum atomic E-state index is 13.5. The van der Waals surface area contributed by atoms with E-state index in [1.54, 1.807) is 6.07 Å². The predicted octanol–water partition coefficient (Wildman–Crippen LogP) is 1.80. The Morgan fingerprint density at radius 3 is 2.26 bits per heavy atom. The number of anilines is 1. The zero-order valence-electron chi connectivity index (χ0n) is 19.6. The average Bonchev–Trinajstić information content (AvgIpc) is 2.79. The standard InChI is InChI=1S/C24H29FN4O5S/c1-16(30)26-20-6-8-22(9-7-20)35(33,34)29-12-10-21(11-13-29)28-24(32)23(27-17(2)31)15-18-4-3-5-19(25)14-18/h3-9,14,21,23H,10-13,15H2,1-2H3,(H,26,30)(H,27,31)(H,28,32)/t23-/m1/s1. The van der Waals surface area contributed by atoms with Crippen molar-refractivity contribution in [3.05, 3.63) is 59.9 Å². The highest BCUT2D eigenvalue weighted by Crippen LogP contribution is 2.22. The quantitative estimate of drug-likeness (QED) is 0.506. The molecule has 2 aromatic carbocycles. The molecule has 1 aliphatic heterocycles. The van der Waals surface area contributed by atoms with E-state index in [1.165, 1.54) is 60.6 Å². The predicted molar refractivity (Wildman–Crippen MR) is 128 cm³/mol. The zero-order valence-corrected chi connectivity index (χ0v) is 20.4. The SMILES string of the molecule is CC(=O)Nc1ccc(S(=O)(=O)N2CCC(NC(=O)[C@@H](Cc3cccc(F)c3)NC(C)=O)CC2)cc1. The molecule has 2 aromatic rings. The fourth-order valence-electron chi connectivity index (χ4n) is 3.96. The van der Waals surface area contributed by atoms with Crippen molar-refractivity contribution in [2.75, 3.05) is 18.4 Å². The summed E-state index contributed by atoms with van der Waals surface area (Å²) in [5.41, 5.74) is 1.08. The number of amides is 3. The third-order valence-corrected chi connectivity index (χ3v) is 7.55. The molecule has 11 heteroatoms. The largest absolute Gasteiger partial charge is 0.351 e. The Hall–Kier alpha value is -3.31. The summed E-state index contributed by atoms with van der Waals surface area (Å²) in [5, 5.41) is 8.08.